The Morgan fingerprint density at radius 1 is 1.09 bits per heavy atom. The Morgan fingerprint density at radius 2 is 1.68 bits per heavy atom. The molecule has 122 valence electrons. The maximum absolute atomic E-state index is 13.0. The Balaban J connectivity index is 1.97. The van der Waals surface area contributed by atoms with Crippen LogP contribution in [-0.4, -0.2) is 41.5 Å². The highest BCUT2D eigenvalue weighted by Gasteiger charge is 2.36. The fourth-order valence-electron chi connectivity index (χ4n) is 3.13. The van der Waals surface area contributed by atoms with E-state index >= 15 is 0 Å². The highest BCUT2D eigenvalue weighted by atomic mass is 32.2. The lowest BCUT2D eigenvalue weighted by molar-refractivity contribution is 0.0866. The zero-order valence-corrected chi connectivity index (χ0v) is 14.0. The van der Waals surface area contributed by atoms with Gasteiger partial charge in [-0.25, -0.2) is 13.1 Å². The van der Waals surface area contributed by atoms with Crippen LogP contribution in [0.3, 0.4) is 0 Å². The van der Waals surface area contributed by atoms with Crippen molar-refractivity contribution in [3.05, 3.63) is 11.4 Å². The van der Waals surface area contributed by atoms with Crippen LogP contribution < -0.4 is 0 Å². The van der Waals surface area contributed by atoms with E-state index < -0.39 is 10.0 Å². The molecular formula is C15H23N3O3S. The summed E-state index contributed by atoms with van der Waals surface area (Å²) in [6, 6.07) is 0. The summed E-state index contributed by atoms with van der Waals surface area (Å²) in [5.41, 5.74) is 0.884. The predicted molar refractivity (Wildman–Crippen MR) is 82.3 cm³/mol. The van der Waals surface area contributed by atoms with Gasteiger partial charge in [0.2, 0.25) is 15.9 Å². The third kappa shape index (κ3) is 2.72. The zero-order valence-electron chi connectivity index (χ0n) is 13.2. The molecule has 0 atom stereocenters. The summed E-state index contributed by atoms with van der Waals surface area (Å²) in [7, 11) is -3.57. The Hall–Kier alpha value is -1.21. The quantitative estimate of drug-likeness (QED) is 0.853. The first kappa shape index (κ1) is 15.7. The highest BCUT2D eigenvalue weighted by Crippen LogP contribution is 2.32. The van der Waals surface area contributed by atoms with E-state index in [1.54, 1.807) is 18.2 Å². The van der Waals surface area contributed by atoms with Gasteiger partial charge in [0, 0.05) is 19.0 Å². The second-order valence-electron chi connectivity index (χ2n) is 6.34. The molecule has 2 aliphatic rings. The minimum atomic E-state index is -3.57. The van der Waals surface area contributed by atoms with Crippen molar-refractivity contribution in [1.82, 2.24) is 14.1 Å². The number of sulfonamides is 1. The topological polar surface area (TPSA) is 72.3 Å². The molecule has 6 nitrogen and oxygen atoms in total. The number of hydrogen-bond acceptors (Lipinski definition) is 4. The van der Waals surface area contributed by atoms with E-state index in [-0.39, 0.29) is 16.7 Å². The number of carbonyl (C=O) groups excluding carboxylic acids is 1. The number of rotatable bonds is 3. The molecule has 0 amide bonds. The fraction of sp³-hybridized carbons (Fsp3) is 0.733. The number of aryl methyl sites for hydroxylation is 1. The summed E-state index contributed by atoms with van der Waals surface area (Å²) in [6.07, 6.45) is 5.70. The molecule has 1 aliphatic carbocycles. The molecule has 1 aromatic heterocycles. The average Bonchev–Trinajstić information content (AvgIpc) is 3.26. The van der Waals surface area contributed by atoms with Crippen molar-refractivity contribution in [3.63, 3.8) is 0 Å². The summed E-state index contributed by atoms with van der Waals surface area (Å²) in [4.78, 5) is 12.5. The largest absolute Gasteiger partial charge is 0.272 e. The molecule has 22 heavy (non-hydrogen) atoms. The molecule has 3 rings (SSSR count). The molecule has 1 aromatic rings. The molecule has 1 saturated heterocycles. The number of nitrogens with zero attached hydrogens (tertiary/aromatic N) is 3. The Labute approximate surface area is 131 Å². The first-order valence-electron chi connectivity index (χ1n) is 8.03. The number of hydrogen-bond donors (Lipinski definition) is 0. The Kier molecular flexibility index (Phi) is 4.11. The van der Waals surface area contributed by atoms with Gasteiger partial charge in [0.1, 0.15) is 4.90 Å². The van der Waals surface area contributed by atoms with Gasteiger partial charge in [-0.1, -0.05) is 12.8 Å². The lowest BCUT2D eigenvalue weighted by atomic mass is 10.2. The van der Waals surface area contributed by atoms with Crippen LogP contribution in [0.25, 0.3) is 0 Å². The van der Waals surface area contributed by atoms with Crippen molar-refractivity contribution >= 4 is 15.9 Å². The molecule has 2 fully saturated rings. The molecule has 0 spiro atoms. The summed E-state index contributed by atoms with van der Waals surface area (Å²) in [5, 5.41) is 4.22. The summed E-state index contributed by atoms with van der Waals surface area (Å²) < 4.78 is 28.8. The molecule has 0 bridgehead atoms. The first-order valence-corrected chi connectivity index (χ1v) is 9.47. The van der Waals surface area contributed by atoms with Crippen molar-refractivity contribution in [2.75, 3.05) is 13.1 Å². The van der Waals surface area contributed by atoms with Gasteiger partial charge in [0.05, 0.1) is 11.4 Å². The van der Waals surface area contributed by atoms with Crippen molar-refractivity contribution in [2.45, 2.75) is 57.3 Å². The molecular weight excluding hydrogens is 302 g/mol. The molecule has 1 aliphatic heterocycles. The third-order valence-corrected chi connectivity index (χ3v) is 6.67. The van der Waals surface area contributed by atoms with Crippen molar-refractivity contribution in [2.24, 2.45) is 5.92 Å². The van der Waals surface area contributed by atoms with E-state index in [1.165, 1.54) is 4.68 Å². The van der Waals surface area contributed by atoms with E-state index in [9.17, 15) is 13.2 Å². The van der Waals surface area contributed by atoms with Crippen LogP contribution >= 0.6 is 0 Å². The molecule has 7 heteroatoms. The van der Waals surface area contributed by atoms with Gasteiger partial charge in [-0.15, -0.1) is 0 Å². The van der Waals surface area contributed by atoms with Crippen molar-refractivity contribution in [3.8, 4) is 0 Å². The minimum Gasteiger partial charge on any atom is -0.272 e. The van der Waals surface area contributed by atoms with Gasteiger partial charge >= 0.3 is 0 Å². The van der Waals surface area contributed by atoms with E-state index in [1.807, 2.05) is 0 Å². The van der Waals surface area contributed by atoms with Gasteiger partial charge in [0.25, 0.3) is 0 Å². The van der Waals surface area contributed by atoms with E-state index in [0.29, 0.717) is 24.5 Å². The van der Waals surface area contributed by atoms with Gasteiger partial charge in [-0.2, -0.15) is 9.40 Å². The van der Waals surface area contributed by atoms with E-state index in [0.717, 1.165) is 38.5 Å². The van der Waals surface area contributed by atoms with Gasteiger partial charge in [0.15, 0.2) is 0 Å². The lowest BCUT2D eigenvalue weighted by Gasteiger charge is -2.20. The van der Waals surface area contributed by atoms with E-state index in [2.05, 4.69) is 5.10 Å². The van der Waals surface area contributed by atoms with Crippen LogP contribution in [0.5, 0.6) is 0 Å². The molecule has 0 unspecified atom stereocenters. The molecule has 0 radical (unpaired) electrons. The number of aromatic nitrogens is 2. The molecule has 0 aromatic carbocycles. The van der Waals surface area contributed by atoms with Crippen LogP contribution in [0.2, 0.25) is 0 Å². The van der Waals surface area contributed by atoms with Crippen LogP contribution in [0.4, 0.5) is 0 Å². The Bertz CT molecular complexity index is 681. The normalized spacial score (nSPS) is 20.8. The predicted octanol–water partition coefficient (Wildman–Crippen LogP) is 2.11. The highest BCUT2D eigenvalue weighted by molar-refractivity contribution is 7.89. The maximum Gasteiger partial charge on any atom is 0.250 e. The SMILES string of the molecule is Cc1nn(C(=O)C2CC2)c(C)c1S(=O)(=O)N1CCCCCC1. The van der Waals surface area contributed by atoms with Crippen LogP contribution in [-0.2, 0) is 10.0 Å². The zero-order chi connectivity index (χ0) is 15.9. The van der Waals surface area contributed by atoms with E-state index in [4.69, 9.17) is 0 Å². The third-order valence-electron chi connectivity index (χ3n) is 4.52. The molecule has 1 saturated carbocycles. The molecule has 2 heterocycles. The maximum atomic E-state index is 13.0. The Morgan fingerprint density at radius 3 is 2.23 bits per heavy atom. The number of carbonyl (C=O) groups is 1. The van der Waals surface area contributed by atoms with Gasteiger partial charge < -0.3 is 0 Å². The van der Waals surface area contributed by atoms with Gasteiger partial charge in [-0.3, -0.25) is 4.79 Å². The molecule has 0 N–H and O–H groups in total. The van der Waals surface area contributed by atoms with Crippen molar-refractivity contribution < 1.29 is 13.2 Å². The van der Waals surface area contributed by atoms with Crippen LogP contribution in [0.1, 0.15) is 54.7 Å². The van der Waals surface area contributed by atoms with Crippen molar-refractivity contribution in [1.29, 1.82) is 0 Å². The minimum absolute atomic E-state index is 0.0201. The summed E-state index contributed by atoms with van der Waals surface area (Å²) >= 11 is 0. The second kappa shape index (κ2) is 5.77. The lowest BCUT2D eigenvalue weighted by Crippen LogP contribution is -2.32. The second-order valence-corrected chi connectivity index (χ2v) is 8.22. The average molecular weight is 325 g/mol. The first-order chi connectivity index (χ1) is 10.4. The van der Waals surface area contributed by atoms with Crippen LogP contribution in [0.15, 0.2) is 4.90 Å². The van der Waals surface area contributed by atoms with Gasteiger partial charge in [-0.05, 0) is 39.5 Å². The monoisotopic (exact) mass is 325 g/mol. The smallest absolute Gasteiger partial charge is 0.250 e. The fourth-order valence-corrected chi connectivity index (χ4v) is 5.00. The standard InChI is InChI=1S/C15H23N3O3S/c1-11-14(12(2)18(16-11)15(19)13-7-8-13)22(20,21)17-9-5-3-4-6-10-17/h13H,3-10H2,1-2H3. The summed E-state index contributed by atoms with van der Waals surface area (Å²) in [6.45, 7) is 4.48. The summed E-state index contributed by atoms with van der Waals surface area (Å²) in [5.74, 6) is -0.0512. The van der Waals surface area contributed by atoms with Crippen LogP contribution in [0, 0.1) is 19.8 Å².